The molecule has 1 heterocycles. The highest BCUT2D eigenvalue weighted by Crippen LogP contribution is 2.28. The Morgan fingerprint density at radius 3 is 2.48 bits per heavy atom. The Kier molecular flexibility index (Phi) is 5.38. The van der Waals surface area contributed by atoms with Gasteiger partial charge in [0, 0.05) is 18.2 Å². The van der Waals surface area contributed by atoms with E-state index in [4.69, 9.17) is 0 Å². The van der Waals surface area contributed by atoms with Crippen LogP contribution in [0.1, 0.15) is 11.1 Å². The van der Waals surface area contributed by atoms with Crippen molar-refractivity contribution >= 4 is 19.7 Å². The fourth-order valence-electron chi connectivity index (χ4n) is 3.29. The SMILES string of the molecule is Cc1cc(F)ccc1S(=O)(=O)[C@H]1CS(=O)(=O)C[C@@H]1NCc1ccccc1F. The summed E-state index contributed by atoms with van der Waals surface area (Å²) in [5.74, 6) is -1.91. The van der Waals surface area contributed by atoms with Crippen molar-refractivity contribution in [2.75, 3.05) is 11.5 Å². The normalized spacial score (nSPS) is 22.0. The van der Waals surface area contributed by atoms with Crippen LogP contribution < -0.4 is 5.32 Å². The number of hydrogen-bond donors (Lipinski definition) is 1. The Labute approximate surface area is 157 Å². The van der Waals surface area contributed by atoms with Crippen LogP contribution in [-0.4, -0.2) is 39.6 Å². The van der Waals surface area contributed by atoms with Crippen molar-refractivity contribution < 1.29 is 25.6 Å². The van der Waals surface area contributed by atoms with Gasteiger partial charge in [-0.25, -0.2) is 25.6 Å². The van der Waals surface area contributed by atoms with Crippen molar-refractivity contribution in [1.82, 2.24) is 5.32 Å². The molecule has 1 saturated heterocycles. The van der Waals surface area contributed by atoms with E-state index in [1.54, 1.807) is 12.1 Å². The molecule has 1 aliphatic heterocycles. The van der Waals surface area contributed by atoms with E-state index in [1.165, 1.54) is 19.1 Å². The molecule has 5 nitrogen and oxygen atoms in total. The van der Waals surface area contributed by atoms with E-state index in [2.05, 4.69) is 5.32 Å². The van der Waals surface area contributed by atoms with E-state index in [0.29, 0.717) is 5.56 Å². The minimum atomic E-state index is -4.02. The van der Waals surface area contributed by atoms with Crippen LogP contribution in [0.2, 0.25) is 0 Å². The molecule has 0 unspecified atom stereocenters. The van der Waals surface area contributed by atoms with Crippen LogP contribution in [0.25, 0.3) is 0 Å². The molecule has 27 heavy (non-hydrogen) atoms. The van der Waals surface area contributed by atoms with Gasteiger partial charge in [0.1, 0.15) is 11.6 Å². The smallest absolute Gasteiger partial charge is 0.184 e. The predicted octanol–water partition coefficient (Wildman–Crippen LogP) is 2.00. The molecule has 2 aromatic rings. The summed E-state index contributed by atoms with van der Waals surface area (Å²) in [5.41, 5.74) is 0.531. The van der Waals surface area contributed by atoms with Gasteiger partial charge in [-0.3, -0.25) is 0 Å². The summed E-state index contributed by atoms with van der Waals surface area (Å²) in [6, 6.07) is 8.38. The van der Waals surface area contributed by atoms with E-state index >= 15 is 0 Å². The van der Waals surface area contributed by atoms with Crippen molar-refractivity contribution in [1.29, 1.82) is 0 Å². The Balaban J connectivity index is 1.90. The highest BCUT2D eigenvalue weighted by atomic mass is 32.2. The van der Waals surface area contributed by atoms with Gasteiger partial charge in [-0.1, -0.05) is 18.2 Å². The first-order chi connectivity index (χ1) is 12.6. The molecule has 9 heteroatoms. The molecule has 0 aliphatic carbocycles. The fraction of sp³-hybridized carbons (Fsp3) is 0.333. The van der Waals surface area contributed by atoms with Crippen LogP contribution in [0.5, 0.6) is 0 Å². The lowest BCUT2D eigenvalue weighted by molar-refractivity contribution is 0.514. The summed E-state index contributed by atoms with van der Waals surface area (Å²) in [4.78, 5) is -0.0938. The third-order valence-electron chi connectivity index (χ3n) is 4.66. The molecule has 2 aromatic carbocycles. The minimum absolute atomic E-state index is 0.00127. The third-order valence-corrected chi connectivity index (χ3v) is 8.96. The van der Waals surface area contributed by atoms with Crippen molar-refractivity contribution in [2.24, 2.45) is 0 Å². The monoisotopic (exact) mass is 415 g/mol. The van der Waals surface area contributed by atoms with E-state index in [1.807, 2.05) is 0 Å². The molecule has 1 N–H and O–H groups in total. The lowest BCUT2D eigenvalue weighted by Crippen LogP contribution is -2.43. The van der Waals surface area contributed by atoms with Gasteiger partial charge < -0.3 is 5.32 Å². The number of aryl methyl sites for hydroxylation is 1. The molecule has 0 radical (unpaired) electrons. The molecule has 0 aromatic heterocycles. The van der Waals surface area contributed by atoms with Crippen molar-refractivity contribution in [2.45, 2.75) is 29.7 Å². The standard InChI is InChI=1S/C18H19F2NO4S2/c1-12-8-14(19)6-7-17(12)27(24,25)18-11-26(22,23)10-16(18)21-9-13-4-2-3-5-15(13)20/h2-8,16,18,21H,9-11H2,1H3/t16-,18-/m0/s1. The lowest BCUT2D eigenvalue weighted by Gasteiger charge is -2.21. The van der Waals surface area contributed by atoms with E-state index in [9.17, 15) is 25.6 Å². The van der Waals surface area contributed by atoms with Gasteiger partial charge in [-0.15, -0.1) is 0 Å². The molecule has 0 saturated carbocycles. The van der Waals surface area contributed by atoms with Crippen LogP contribution >= 0.6 is 0 Å². The molecule has 0 bridgehead atoms. The maximum atomic E-state index is 13.8. The molecular weight excluding hydrogens is 396 g/mol. The summed E-state index contributed by atoms with van der Waals surface area (Å²) in [6.45, 7) is 1.46. The molecule has 3 rings (SSSR count). The van der Waals surface area contributed by atoms with E-state index in [-0.39, 0.29) is 22.8 Å². The number of benzene rings is 2. The van der Waals surface area contributed by atoms with Crippen LogP contribution in [0.15, 0.2) is 47.4 Å². The Hall–Kier alpha value is -1.84. The highest BCUT2D eigenvalue weighted by Gasteiger charge is 2.46. The summed E-state index contributed by atoms with van der Waals surface area (Å²) in [5, 5.41) is 1.66. The average Bonchev–Trinajstić information content (AvgIpc) is 2.89. The topological polar surface area (TPSA) is 80.3 Å². The Bertz CT molecular complexity index is 1070. The molecule has 2 atom stereocenters. The Morgan fingerprint density at radius 2 is 1.81 bits per heavy atom. The van der Waals surface area contributed by atoms with Crippen molar-refractivity contribution in [3.8, 4) is 0 Å². The third kappa shape index (κ3) is 4.20. The summed E-state index contributed by atoms with van der Waals surface area (Å²) < 4.78 is 77.4. The Morgan fingerprint density at radius 1 is 1.11 bits per heavy atom. The first kappa shape index (κ1) is 19.9. The fourth-order valence-corrected chi connectivity index (χ4v) is 8.23. The van der Waals surface area contributed by atoms with Crippen LogP contribution in [-0.2, 0) is 26.2 Å². The quantitative estimate of drug-likeness (QED) is 0.756. The summed E-state index contributed by atoms with van der Waals surface area (Å²) in [7, 11) is -7.60. The van der Waals surface area contributed by atoms with Gasteiger partial charge in [0.2, 0.25) is 0 Å². The van der Waals surface area contributed by atoms with Crippen LogP contribution in [0.3, 0.4) is 0 Å². The number of halogens is 2. The van der Waals surface area contributed by atoms with Gasteiger partial charge in [-0.2, -0.15) is 0 Å². The number of nitrogens with one attached hydrogen (secondary N) is 1. The minimum Gasteiger partial charge on any atom is -0.307 e. The van der Waals surface area contributed by atoms with Crippen LogP contribution in [0.4, 0.5) is 8.78 Å². The first-order valence-electron chi connectivity index (χ1n) is 8.27. The second kappa shape index (κ2) is 7.29. The zero-order valence-electron chi connectivity index (χ0n) is 14.5. The molecular formula is C18H19F2NO4S2. The lowest BCUT2D eigenvalue weighted by atomic mass is 10.2. The van der Waals surface area contributed by atoms with E-state index < -0.39 is 48.4 Å². The summed E-state index contributed by atoms with van der Waals surface area (Å²) in [6.07, 6.45) is 0. The maximum absolute atomic E-state index is 13.8. The zero-order chi connectivity index (χ0) is 19.8. The number of rotatable bonds is 5. The van der Waals surface area contributed by atoms with E-state index in [0.717, 1.165) is 18.2 Å². The molecule has 1 aliphatic rings. The molecule has 146 valence electrons. The predicted molar refractivity (Wildman–Crippen MR) is 97.8 cm³/mol. The number of sulfone groups is 2. The second-order valence-electron chi connectivity index (χ2n) is 6.65. The summed E-state index contributed by atoms with van der Waals surface area (Å²) >= 11 is 0. The first-order valence-corrected chi connectivity index (χ1v) is 11.6. The number of hydrogen-bond acceptors (Lipinski definition) is 5. The average molecular weight is 415 g/mol. The van der Waals surface area contributed by atoms with Gasteiger partial charge in [0.05, 0.1) is 21.7 Å². The van der Waals surface area contributed by atoms with Gasteiger partial charge in [-0.05, 0) is 36.8 Å². The van der Waals surface area contributed by atoms with Gasteiger partial charge >= 0.3 is 0 Å². The van der Waals surface area contributed by atoms with Gasteiger partial charge in [0.15, 0.2) is 19.7 Å². The van der Waals surface area contributed by atoms with Crippen molar-refractivity contribution in [3.63, 3.8) is 0 Å². The second-order valence-corrected chi connectivity index (χ2v) is 10.9. The maximum Gasteiger partial charge on any atom is 0.184 e. The molecule has 0 spiro atoms. The largest absolute Gasteiger partial charge is 0.307 e. The zero-order valence-corrected chi connectivity index (χ0v) is 16.2. The molecule has 0 amide bonds. The van der Waals surface area contributed by atoms with Crippen LogP contribution in [0, 0.1) is 18.6 Å². The molecule has 1 fully saturated rings. The van der Waals surface area contributed by atoms with Gasteiger partial charge in [0.25, 0.3) is 0 Å². The van der Waals surface area contributed by atoms with Crippen molar-refractivity contribution in [3.05, 3.63) is 65.2 Å². The highest BCUT2D eigenvalue weighted by molar-refractivity contribution is 7.96.